The summed E-state index contributed by atoms with van der Waals surface area (Å²) < 4.78 is 18.3. The van der Waals surface area contributed by atoms with Gasteiger partial charge in [0.1, 0.15) is 12.9 Å². The number of hydrogen-bond acceptors (Lipinski definition) is 3. The maximum absolute atomic E-state index is 13.2. The lowest BCUT2D eigenvalue weighted by atomic mass is 10.2. The van der Waals surface area contributed by atoms with Crippen LogP contribution in [0.5, 0.6) is 5.75 Å². The van der Waals surface area contributed by atoms with E-state index in [0.717, 1.165) is 0 Å². The normalized spacial score (nSPS) is 13.9. The zero-order valence-electron chi connectivity index (χ0n) is 6.84. The first-order chi connectivity index (χ1) is 6.31. The van der Waals surface area contributed by atoms with E-state index in [1.165, 1.54) is 6.07 Å². The van der Waals surface area contributed by atoms with E-state index < -0.39 is 5.82 Å². The minimum atomic E-state index is -0.494. The predicted octanol–water partition coefficient (Wildman–Crippen LogP) is 1.44. The minimum Gasteiger partial charge on any atom is -0.486 e. The summed E-state index contributed by atoms with van der Waals surface area (Å²) in [5.74, 6) is -0.288. The summed E-state index contributed by atoms with van der Waals surface area (Å²) in [7, 11) is 0. The highest BCUT2D eigenvalue weighted by atomic mass is 19.1. The van der Waals surface area contributed by atoms with Gasteiger partial charge < -0.3 is 10.1 Å². The molecule has 1 aromatic rings. The molecular weight excluding hydrogens is 173 g/mol. The van der Waals surface area contributed by atoms with Crippen molar-refractivity contribution in [1.29, 1.82) is 0 Å². The van der Waals surface area contributed by atoms with Gasteiger partial charge >= 0.3 is 0 Å². The molecule has 0 unspecified atom stereocenters. The van der Waals surface area contributed by atoms with Gasteiger partial charge in [0.05, 0.1) is 5.69 Å². The van der Waals surface area contributed by atoms with Crippen molar-refractivity contribution < 1.29 is 13.9 Å². The summed E-state index contributed by atoms with van der Waals surface area (Å²) in [5, 5.41) is 2.95. The van der Waals surface area contributed by atoms with Gasteiger partial charge in [0.25, 0.3) is 0 Å². The van der Waals surface area contributed by atoms with E-state index in [1.54, 1.807) is 6.07 Å². The molecule has 1 N–H and O–H groups in total. The van der Waals surface area contributed by atoms with Crippen LogP contribution in [0.15, 0.2) is 12.1 Å². The topological polar surface area (TPSA) is 38.3 Å². The molecule has 13 heavy (non-hydrogen) atoms. The Bertz CT molecular complexity index is 352. The average Bonchev–Trinajstić information content (AvgIpc) is 2.18. The Labute approximate surface area is 74.5 Å². The average molecular weight is 181 g/mol. The number of benzene rings is 1. The molecule has 0 atom stereocenters. The number of ether oxygens (including phenoxy) is 1. The molecule has 2 rings (SSSR count). The summed E-state index contributed by atoms with van der Waals surface area (Å²) >= 11 is 0. The van der Waals surface area contributed by atoms with Crippen molar-refractivity contribution >= 4 is 12.0 Å². The number of aldehydes is 1. The SMILES string of the molecule is O=Cc1cc(F)c2c(c1)NCCO2. The van der Waals surface area contributed by atoms with Crippen molar-refractivity contribution in [1.82, 2.24) is 0 Å². The van der Waals surface area contributed by atoms with Crippen LogP contribution < -0.4 is 10.1 Å². The van der Waals surface area contributed by atoms with Crippen molar-refractivity contribution in [3.8, 4) is 5.75 Å². The van der Waals surface area contributed by atoms with Crippen molar-refractivity contribution in [2.24, 2.45) is 0 Å². The van der Waals surface area contributed by atoms with E-state index in [4.69, 9.17) is 4.74 Å². The molecule has 0 bridgehead atoms. The summed E-state index contributed by atoms with van der Waals surface area (Å²) in [6, 6.07) is 2.74. The number of fused-ring (bicyclic) bond motifs is 1. The second kappa shape index (κ2) is 3.05. The summed E-state index contributed by atoms with van der Waals surface area (Å²) in [5.41, 5.74) is 0.864. The van der Waals surface area contributed by atoms with Crippen LogP contribution >= 0.6 is 0 Å². The molecule has 1 heterocycles. The maximum Gasteiger partial charge on any atom is 0.178 e. The fraction of sp³-hybridized carbons (Fsp3) is 0.222. The van der Waals surface area contributed by atoms with Crippen LogP contribution in [0.1, 0.15) is 10.4 Å². The van der Waals surface area contributed by atoms with E-state index in [1.807, 2.05) is 0 Å². The summed E-state index contributed by atoms with van der Waals surface area (Å²) in [4.78, 5) is 10.4. The smallest absolute Gasteiger partial charge is 0.178 e. The highest BCUT2D eigenvalue weighted by molar-refractivity contribution is 5.79. The summed E-state index contributed by atoms with van der Waals surface area (Å²) in [6.45, 7) is 1.08. The van der Waals surface area contributed by atoms with Gasteiger partial charge in [-0.15, -0.1) is 0 Å². The van der Waals surface area contributed by atoms with Crippen LogP contribution in [0.25, 0.3) is 0 Å². The van der Waals surface area contributed by atoms with Gasteiger partial charge in [-0.3, -0.25) is 4.79 Å². The number of halogens is 1. The largest absolute Gasteiger partial charge is 0.486 e. The quantitative estimate of drug-likeness (QED) is 0.666. The number of nitrogens with one attached hydrogen (secondary N) is 1. The predicted molar refractivity (Wildman–Crippen MR) is 45.8 cm³/mol. The monoisotopic (exact) mass is 181 g/mol. The first-order valence-electron chi connectivity index (χ1n) is 3.96. The van der Waals surface area contributed by atoms with Crippen molar-refractivity contribution in [2.75, 3.05) is 18.5 Å². The molecule has 0 aromatic heterocycles. The Kier molecular flexibility index (Phi) is 1.88. The Hall–Kier alpha value is -1.58. The number of rotatable bonds is 1. The van der Waals surface area contributed by atoms with Gasteiger partial charge in [-0.1, -0.05) is 0 Å². The second-order valence-electron chi connectivity index (χ2n) is 2.77. The Morgan fingerprint density at radius 3 is 3.15 bits per heavy atom. The van der Waals surface area contributed by atoms with E-state index in [2.05, 4.69) is 5.32 Å². The molecule has 0 aliphatic carbocycles. The third-order valence-corrected chi connectivity index (χ3v) is 1.87. The lowest BCUT2D eigenvalue weighted by Gasteiger charge is -2.19. The highest BCUT2D eigenvalue weighted by Gasteiger charge is 2.15. The first kappa shape index (κ1) is 8.04. The third kappa shape index (κ3) is 1.35. The highest BCUT2D eigenvalue weighted by Crippen LogP contribution is 2.30. The van der Waals surface area contributed by atoms with Gasteiger partial charge in [-0.2, -0.15) is 0 Å². The fourth-order valence-electron chi connectivity index (χ4n) is 1.30. The van der Waals surface area contributed by atoms with E-state index in [9.17, 15) is 9.18 Å². The van der Waals surface area contributed by atoms with E-state index in [0.29, 0.717) is 30.7 Å². The molecule has 1 aliphatic heterocycles. The number of carbonyl (C=O) groups is 1. The van der Waals surface area contributed by atoms with Gasteiger partial charge in [0.15, 0.2) is 11.6 Å². The first-order valence-corrected chi connectivity index (χ1v) is 3.96. The van der Waals surface area contributed by atoms with Crippen molar-refractivity contribution in [2.45, 2.75) is 0 Å². The fourth-order valence-corrected chi connectivity index (χ4v) is 1.30. The number of anilines is 1. The molecule has 4 heteroatoms. The Balaban J connectivity index is 2.52. The number of carbonyl (C=O) groups excluding carboxylic acids is 1. The second-order valence-corrected chi connectivity index (χ2v) is 2.77. The molecule has 0 radical (unpaired) electrons. The van der Waals surface area contributed by atoms with Gasteiger partial charge in [-0.05, 0) is 12.1 Å². The standard InChI is InChI=1S/C9H8FNO2/c10-7-3-6(5-12)4-8-9(7)13-2-1-11-8/h3-5,11H,1-2H2. The van der Waals surface area contributed by atoms with Gasteiger partial charge in [0.2, 0.25) is 0 Å². The van der Waals surface area contributed by atoms with Crippen LogP contribution in [0.3, 0.4) is 0 Å². The molecule has 0 saturated carbocycles. The molecule has 1 aromatic carbocycles. The summed E-state index contributed by atoms with van der Waals surface area (Å²) in [6.07, 6.45) is 0.611. The molecule has 68 valence electrons. The Morgan fingerprint density at radius 1 is 1.54 bits per heavy atom. The molecule has 1 aliphatic rings. The zero-order valence-corrected chi connectivity index (χ0v) is 6.84. The lowest BCUT2D eigenvalue weighted by Crippen LogP contribution is -2.19. The lowest BCUT2D eigenvalue weighted by molar-refractivity contribution is 0.112. The van der Waals surface area contributed by atoms with Crippen molar-refractivity contribution in [3.05, 3.63) is 23.5 Å². The maximum atomic E-state index is 13.2. The van der Waals surface area contributed by atoms with Gasteiger partial charge in [-0.25, -0.2) is 4.39 Å². The van der Waals surface area contributed by atoms with E-state index >= 15 is 0 Å². The zero-order chi connectivity index (χ0) is 9.26. The molecule has 0 saturated heterocycles. The van der Waals surface area contributed by atoms with E-state index in [-0.39, 0.29) is 5.75 Å². The molecule has 0 amide bonds. The van der Waals surface area contributed by atoms with Crippen LogP contribution in [0, 0.1) is 5.82 Å². The van der Waals surface area contributed by atoms with Crippen LogP contribution in [-0.2, 0) is 0 Å². The molecule has 0 fully saturated rings. The third-order valence-electron chi connectivity index (χ3n) is 1.87. The van der Waals surface area contributed by atoms with Crippen LogP contribution in [-0.4, -0.2) is 19.4 Å². The van der Waals surface area contributed by atoms with Crippen LogP contribution in [0.4, 0.5) is 10.1 Å². The molecular formula is C9H8FNO2. The minimum absolute atomic E-state index is 0.205. The van der Waals surface area contributed by atoms with Gasteiger partial charge in [0, 0.05) is 12.1 Å². The number of hydrogen-bond donors (Lipinski definition) is 1. The van der Waals surface area contributed by atoms with Crippen molar-refractivity contribution in [3.63, 3.8) is 0 Å². The van der Waals surface area contributed by atoms with Crippen LogP contribution in [0.2, 0.25) is 0 Å². The molecule has 3 nitrogen and oxygen atoms in total. The molecule has 0 spiro atoms. The Morgan fingerprint density at radius 2 is 2.38 bits per heavy atom.